The van der Waals surface area contributed by atoms with Crippen LogP contribution in [0, 0.1) is 12.0 Å². The quantitative estimate of drug-likeness (QED) is 0.705. The van der Waals surface area contributed by atoms with Crippen LogP contribution in [-0.4, -0.2) is 22.4 Å². The number of hydrogen-bond donors (Lipinski definition) is 2. The molecule has 0 bridgehead atoms. The number of nitrogens with zero attached hydrogens (tertiary/aromatic N) is 2. The molecule has 1 aliphatic rings. The van der Waals surface area contributed by atoms with Gasteiger partial charge in [0.25, 0.3) is 5.91 Å². The summed E-state index contributed by atoms with van der Waals surface area (Å²) in [6.07, 6.45) is 4.30. The molecule has 0 saturated carbocycles. The molecule has 0 saturated heterocycles. The van der Waals surface area contributed by atoms with Crippen molar-refractivity contribution in [3.05, 3.63) is 71.8 Å². The van der Waals surface area contributed by atoms with Gasteiger partial charge in [-0.2, -0.15) is 0 Å². The first-order chi connectivity index (χ1) is 13.2. The number of H-pyrrole nitrogens is 1. The third kappa shape index (κ3) is 3.56. The Kier molecular flexibility index (Phi) is 4.63. The van der Waals surface area contributed by atoms with Crippen LogP contribution >= 0.6 is 0 Å². The minimum Gasteiger partial charge on any atom is -0.347 e. The van der Waals surface area contributed by atoms with E-state index in [9.17, 15) is 4.79 Å². The number of anilines is 1. The predicted molar refractivity (Wildman–Crippen MR) is 106 cm³/mol. The third-order valence-corrected chi connectivity index (χ3v) is 4.70. The Balaban J connectivity index is 1.47. The van der Waals surface area contributed by atoms with Gasteiger partial charge in [0.1, 0.15) is 0 Å². The van der Waals surface area contributed by atoms with Crippen LogP contribution in [-0.2, 0) is 13.0 Å². The number of amides is 1. The Morgan fingerprint density at radius 3 is 2.78 bits per heavy atom. The van der Waals surface area contributed by atoms with Crippen LogP contribution in [0.2, 0.25) is 0 Å². The second-order valence-electron chi connectivity index (χ2n) is 6.44. The maximum Gasteiger partial charge on any atom is 0.251 e. The van der Waals surface area contributed by atoms with E-state index in [0.717, 1.165) is 29.8 Å². The first-order valence-corrected chi connectivity index (χ1v) is 8.93. The van der Waals surface area contributed by atoms with Crippen molar-refractivity contribution in [1.82, 2.24) is 15.3 Å². The average molecular weight is 356 g/mol. The SMILES string of the molecule is CC#CN1CCc2cc(-c3ccc(C(=O)NCc4cnc[nH]4)cc3)ccc21. The zero-order valence-corrected chi connectivity index (χ0v) is 15.1. The molecule has 0 unspecified atom stereocenters. The molecule has 2 heterocycles. The van der Waals surface area contributed by atoms with Crippen LogP contribution in [0.4, 0.5) is 5.69 Å². The van der Waals surface area contributed by atoms with Crippen LogP contribution in [0.5, 0.6) is 0 Å². The van der Waals surface area contributed by atoms with Crippen molar-refractivity contribution in [3.63, 3.8) is 0 Å². The summed E-state index contributed by atoms with van der Waals surface area (Å²) in [4.78, 5) is 21.3. The Labute approximate surface area is 158 Å². The highest BCUT2D eigenvalue weighted by molar-refractivity contribution is 5.94. The predicted octanol–water partition coefficient (Wildman–Crippen LogP) is 3.35. The molecule has 1 aliphatic heterocycles. The molecule has 3 aromatic rings. The molecule has 0 fully saturated rings. The summed E-state index contributed by atoms with van der Waals surface area (Å²) in [6.45, 7) is 3.23. The van der Waals surface area contributed by atoms with Crippen LogP contribution in [0.1, 0.15) is 28.5 Å². The van der Waals surface area contributed by atoms with Gasteiger partial charge in [-0.05, 0) is 54.3 Å². The number of hydrogen-bond acceptors (Lipinski definition) is 3. The van der Waals surface area contributed by atoms with E-state index in [0.29, 0.717) is 12.1 Å². The number of nitrogens with one attached hydrogen (secondary N) is 2. The van der Waals surface area contributed by atoms with E-state index in [1.165, 1.54) is 11.3 Å². The maximum absolute atomic E-state index is 12.3. The van der Waals surface area contributed by atoms with Crippen LogP contribution < -0.4 is 10.2 Å². The van der Waals surface area contributed by atoms with Crippen molar-refractivity contribution in [2.45, 2.75) is 19.9 Å². The molecule has 0 atom stereocenters. The molecule has 2 N–H and O–H groups in total. The molecule has 5 nitrogen and oxygen atoms in total. The number of benzene rings is 2. The van der Waals surface area contributed by atoms with E-state index in [2.05, 4.69) is 50.3 Å². The summed E-state index contributed by atoms with van der Waals surface area (Å²) in [7, 11) is 0. The van der Waals surface area contributed by atoms with Crippen molar-refractivity contribution >= 4 is 11.6 Å². The lowest BCUT2D eigenvalue weighted by molar-refractivity contribution is 0.0950. The molecule has 134 valence electrons. The lowest BCUT2D eigenvalue weighted by Crippen LogP contribution is -2.22. The molecular formula is C22H20N4O. The molecule has 1 amide bonds. The molecule has 0 radical (unpaired) electrons. The minimum atomic E-state index is -0.0983. The van der Waals surface area contributed by atoms with Gasteiger partial charge in [0.15, 0.2) is 0 Å². The number of carbonyl (C=O) groups is 1. The van der Waals surface area contributed by atoms with Gasteiger partial charge in [-0.15, -0.1) is 0 Å². The van der Waals surface area contributed by atoms with Gasteiger partial charge in [0.2, 0.25) is 0 Å². The first kappa shape index (κ1) is 16.9. The highest BCUT2D eigenvalue weighted by atomic mass is 16.1. The molecular weight excluding hydrogens is 336 g/mol. The fourth-order valence-corrected chi connectivity index (χ4v) is 3.31. The van der Waals surface area contributed by atoms with Gasteiger partial charge in [0.05, 0.1) is 24.3 Å². The number of fused-ring (bicyclic) bond motifs is 1. The zero-order valence-electron chi connectivity index (χ0n) is 15.1. The van der Waals surface area contributed by atoms with E-state index in [4.69, 9.17) is 0 Å². The van der Waals surface area contributed by atoms with E-state index in [1.807, 2.05) is 31.2 Å². The van der Waals surface area contributed by atoms with E-state index in [-0.39, 0.29) is 5.91 Å². The number of imidazole rings is 1. The molecule has 4 rings (SSSR count). The number of aromatic nitrogens is 2. The molecule has 0 aliphatic carbocycles. The van der Waals surface area contributed by atoms with Crippen molar-refractivity contribution < 1.29 is 4.79 Å². The standard InChI is InChI=1S/C22H20N4O/c1-2-10-26-11-9-19-12-18(7-8-21(19)26)16-3-5-17(6-4-16)22(27)24-14-20-13-23-15-25-20/h3-8,12-13,15H,9,11,14H2,1H3,(H,23,25)(H,24,27). The topological polar surface area (TPSA) is 61.0 Å². The Hall–Kier alpha value is -3.52. The molecule has 5 heteroatoms. The van der Waals surface area contributed by atoms with Gasteiger partial charge in [-0.3, -0.25) is 4.79 Å². The third-order valence-electron chi connectivity index (χ3n) is 4.70. The summed E-state index contributed by atoms with van der Waals surface area (Å²) in [5.74, 6) is 2.87. The second-order valence-corrected chi connectivity index (χ2v) is 6.44. The Morgan fingerprint density at radius 1 is 1.22 bits per heavy atom. The van der Waals surface area contributed by atoms with E-state index >= 15 is 0 Å². The largest absolute Gasteiger partial charge is 0.347 e. The fraction of sp³-hybridized carbons (Fsp3) is 0.182. The van der Waals surface area contributed by atoms with Crippen molar-refractivity contribution in [3.8, 4) is 23.1 Å². The molecule has 0 spiro atoms. The summed E-state index contributed by atoms with van der Waals surface area (Å²) in [5.41, 5.74) is 6.29. The van der Waals surface area contributed by atoms with Crippen LogP contribution in [0.15, 0.2) is 55.0 Å². The summed E-state index contributed by atoms with van der Waals surface area (Å²) in [5, 5.41) is 2.88. The fourth-order valence-electron chi connectivity index (χ4n) is 3.31. The van der Waals surface area contributed by atoms with Crippen LogP contribution in [0.25, 0.3) is 11.1 Å². The normalized spacial score (nSPS) is 12.3. The van der Waals surface area contributed by atoms with Crippen molar-refractivity contribution in [2.75, 3.05) is 11.4 Å². The summed E-state index contributed by atoms with van der Waals surface area (Å²) >= 11 is 0. The van der Waals surface area contributed by atoms with Gasteiger partial charge in [0, 0.05) is 24.3 Å². The highest BCUT2D eigenvalue weighted by Gasteiger charge is 2.18. The van der Waals surface area contributed by atoms with E-state index in [1.54, 1.807) is 12.5 Å². The van der Waals surface area contributed by atoms with Crippen molar-refractivity contribution in [1.29, 1.82) is 0 Å². The van der Waals surface area contributed by atoms with Gasteiger partial charge < -0.3 is 15.2 Å². The van der Waals surface area contributed by atoms with Crippen molar-refractivity contribution in [2.24, 2.45) is 0 Å². The molecule has 2 aromatic carbocycles. The molecule has 27 heavy (non-hydrogen) atoms. The maximum atomic E-state index is 12.3. The van der Waals surface area contributed by atoms with E-state index < -0.39 is 0 Å². The van der Waals surface area contributed by atoms with Gasteiger partial charge in [-0.1, -0.05) is 24.1 Å². The number of rotatable bonds is 4. The lowest BCUT2D eigenvalue weighted by atomic mass is 10.0. The monoisotopic (exact) mass is 356 g/mol. The average Bonchev–Trinajstić information content (AvgIpc) is 3.36. The summed E-state index contributed by atoms with van der Waals surface area (Å²) < 4.78 is 0. The minimum absolute atomic E-state index is 0.0983. The highest BCUT2D eigenvalue weighted by Crippen LogP contribution is 2.32. The smallest absolute Gasteiger partial charge is 0.251 e. The summed E-state index contributed by atoms with van der Waals surface area (Å²) in [6, 6.07) is 17.3. The molecule has 1 aromatic heterocycles. The lowest BCUT2D eigenvalue weighted by Gasteiger charge is -2.11. The van der Waals surface area contributed by atoms with Gasteiger partial charge in [-0.25, -0.2) is 4.98 Å². The van der Waals surface area contributed by atoms with Gasteiger partial charge >= 0.3 is 0 Å². The second kappa shape index (κ2) is 7.38. The Bertz CT molecular complexity index is 1010. The number of aromatic amines is 1. The zero-order chi connectivity index (χ0) is 18.6. The Morgan fingerprint density at radius 2 is 2.04 bits per heavy atom. The first-order valence-electron chi connectivity index (χ1n) is 8.93. The number of carbonyl (C=O) groups excluding carboxylic acids is 1. The van der Waals surface area contributed by atoms with Crippen LogP contribution in [0.3, 0.4) is 0 Å².